The summed E-state index contributed by atoms with van der Waals surface area (Å²) in [7, 11) is 0. The largest absolute Gasteiger partial charge is 0.480 e. The zero-order chi connectivity index (χ0) is 18.3. The molecule has 7 heteroatoms. The van der Waals surface area contributed by atoms with Gasteiger partial charge in [0.25, 0.3) is 0 Å². The van der Waals surface area contributed by atoms with E-state index in [4.69, 9.17) is 5.11 Å². The van der Waals surface area contributed by atoms with Crippen molar-refractivity contribution in [3.8, 4) is 0 Å². The highest BCUT2D eigenvalue weighted by atomic mass is 19.1. The monoisotopic (exact) mass is 336 g/mol. The zero-order valence-corrected chi connectivity index (χ0v) is 13.6. The molecule has 0 radical (unpaired) electrons. The van der Waals surface area contributed by atoms with Gasteiger partial charge in [-0.1, -0.05) is 23.8 Å². The summed E-state index contributed by atoms with van der Waals surface area (Å²) in [5.74, 6) is -2.88. The van der Waals surface area contributed by atoms with E-state index >= 15 is 0 Å². The number of hydrogen-bond acceptors (Lipinski definition) is 3. The Kier molecular flexibility index (Phi) is 7.10. The van der Waals surface area contributed by atoms with Crippen molar-refractivity contribution in [2.75, 3.05) is 0 Å². The summed E-state index contributed by atoms with van der Waals surface area (Å²) < 4.78 is 13.8. The second kappa shape index (κ2) is 8.81. The Balaban J connectivity index is 2.92. The number of benzene rings is 1. The molecule has 0 aliphatic heterocycles. The van der Waals surface area contributed by atoms with Crippen molar-refractivity contribution in [3.63, 3.8) is 0 Å². The topological polar surface area (TPSA) is 95.5 Å². The quantitative estimate of drug-likeness (QED) is 0.626. The number of rotatable bonds is 8. The number of nitrogens with one attached hydrogen (secondary N) is 2. The number of carbonyl (C=O) groups is 3. The molecule has 2 atom stereocenters. The summed E-state index contributed by atoms with van der Waals surface area (Å²) in [6, 6.07) is 3.64. The molecule has 0 bridgehead atoms. The van der Waals surface area contributed by atoms with Crippen LogP contribution < -0.4 is 10.6 Å². The lowest BCUT2D eigenvalue weighted by atomic mass is 10.0. The Bertz CT molecular complexity index is 645. The summed E-state index contributed by atoms with van der Waals surface area (Å²) in [6.45, 7) is 6.50. The molecule has 0 heterocycles. The van der Waals surface area contributed by atoms with Gasteiger partial charge >= 0.3 is 5.97 Å². The molecular weight excluding hydrogens is 315 g/mol. The van der Waals surface area contributed by atoms with E-state index in [0.29, 0.717) is 5.57 Å². The first-order valence-electron chi connectivity index (χ1n) is 7.38. The minimum atomic E-state index is -1.21. The second-order valence-corrected chi connectivity index (χ2v) is 5.61. The fraction of sp³-hybridized carbons (Fsp3) is 0.353. The minimum Gasteiger partial charge on any atom is -0.480 e. The van der Waals surface area contributed by atoms with Gasteiger partial charge in [-0.15, -0.1) is 6.58 Å². The minimum absolute atomic E-state index is 0.0631. The van der Waals surface area contributed by atoms with Crippen molar-refractivity contribution < 1.29 is 23.9 Å². The maximum absolute atomic E-state index is 13.8. The maximum atomic E-state index is 13.8. The van der Waals surface area contributed by atoms with Crippen LogP contribution in [0.5, 0.6) is 0 Å². The Hall–Kier alpha value is -2.70. The smallest absolute Gasteiger partial charge is 0.326 e. The van der Waals surface area contributed by atoms with Crippen LogP contribution in [0, 0.1) is 5.82 Å². The van der Waals surface area contributed by atoms with Gasteiger partial charge in [0, 0.05) is 13.3 Å². The number of carboxylic acid groups (broad SMARTS) is 1. The zero-order valence-electron chi connectivity index (χ0n) is 13.6. The van der Waals surface area contributed by atoms with Crippen LogP contribution in [0.2, 0.25) is 0 Å². The second-order valence-electron chi connectivity index (χ2n) is 5.61. The van der Waals surface area contributed by atoms with Gasteiger partial charge in [-0.3, -0.25) is 9.59 Å². The Morgan fingerprint density at radius 2 is 1.79 bits per heavy atom. The SMILES string of the molecule is C=C(C)C[C@H](NC(=O)[C@H](Cc1ccccc1F)NC(C)=O)C(=O)O. The van der Waals surface area contributed by atoms with Crippen LogP contribution in [0.1, 0.15) is 25.8 Å². The highest BCUT2D eigenvalue weighted by molar-refractivity contribution is 5.90. The van der Waals surface area contributed by atoms with Crippen molar-refractivity contribution in [1.29, 1.82) is 0 Å². The fourth-order valence-electron chi connectivity index (χ4n) is 2.16. The van der Waals surface area contributed by atoms with Gasteiger partial charge in [0.2, 0.25) is 11.8 Å². The summed E-state index contributed by atoms with van der Waals surface area (Å²) in [5.41, 5.74) is 0.839. The van der Waals surface area contributed by atoms with Gasteiger partial charge in [0.05, 0.1) is 0 Å². The highest BCUT2D eigenvalue weighted by Crippen LogP contribution is 2.10. The molecule has 1 rings (SSSR count). The summed E-state index contributed by atoms with van der Waals surface area (Å²) >= 11 is 0. The van der Waals surface area contributed by atoms with Crippen LogP contribution in [0.25, 0.3) is 0 Å². The first-order valence-corrected chi connectivity index (χ1v) is 7.38. The van der Waals surface area contributed by atoms with Crippen molar-refractivity contribution in [2.24, 2.45) is 0 Å². The van der Waals surface area contributed by atoms with Gasteiger partial charge in [0.15, 0.2) is 0 Å². The Morgan fingerprint density at radius 1 is 1.17 bits per heavy atom. The lowest BCUT2D eigenvalue weighted by molar-refractivity contribution is -0.142. The number of aliphatic carboxylic acids is 1. The van der Waals surface area contributed by atoms with E-state index in [-0.39, 0.29) is 18.4 Å². The van der Waals surface area contributed by atoms with E-state index < -0.39 is 35.7 Å². The lowest BCUT2D eigenvalue weighted by Gasteiger charge is -2.21. The first kappa shape index (κ1) is 19.3. The van der Waals surface area contributed by atoms with E-state index in [2.05, 4.69) is 17.2 Å². The number of carbonyl (C=O) groups excluding carboxylic acids is 2. The molecule has 0 aliphatic rings. The van der Waals surface area contributed by atoms with Gasteiger partial charge in [-0.25, -0.2) is 9.18 Å². The van der Waals surface area contributed by atoms with E-state index in [0.717, 1.165) is 0 Å². The van der Waals surface area contributed by atoms with Crippen molar-refractivity contribution in [3.05, 3.63) is 47.8 Å². The molecule has 0 saturated carbocycles. The predicted octanol–water partition coefficient (Wildman–Crippen LogP) is 1.41. The average molecular weight is 336 g/mol. The number of hydrogen-bond donors (Lipinski definition) is 3. The molecule has 0 spiro atoms. The summed E-state index contributed by atoms with van der Waals surface area (Å²) in [5, 5.41) is 13.9. The van der Waals surface area contributed by atoms with Gasteiger partial charge in [-0.2, -0.15) is 0 Å². The molecule has 24 heavy (non-hydrogen) atoms. The molecular formula is C17H21FN2O4. The van der Waals surface area contributed by atoms with E-state index in [1.807, 2.05) is 0 Å². The van der Waals surface area contributed by atoms with Crippen molar-refractivity contribution in [2.45, 2.75) is 38.8 Å². The third-order valence-corrected chi connectivity index (χ3v) is 3.24. The first-order chi connectivity index (χ1) is 11.2. The lowest BCUT2D eigenvalue weighted by Crippen LogP contribution is -2.52. The van der Waals surface area contributed by atoms with Crippen LogP contribution in [0.3, 0.4) is 0 Å². The van der Waals surface area contributed by atoms with E-state index in [1.165, 1.54) is 25.1 Å². The highest BCUT2D eigenvalue weighted by Gasteiger charge is 2.26. The molecule has 1 aromatic rings. The van der Waals surface area contributed by atoms with Crippen LogP contribution >= 0.6 is 0 Å². The molecule has 0 unspecified atom stereocenters. The standard InChI is InChI=1S/C17H21FN2O4/c1-10(2)8-15(17(23)24)20-16(22)14(19-11(3)21)9-12-6-4-5-7-13(12)18/h4-7,14-15H,1,8-9H2,2-3H3,(H,19,21)(H,20,22)(H,23,24)/t14-,15-/m0/s1. The average Bonchev–Trinajstić information content (AvgIpc) is 2.47. The van der Waals surface area contributed by atoms with Gasteiger partial charge < -0.3 is 15.7 Å². The predicted molar refractivity (Wildman–Crippen MR) is 86.7 cm³/mol. The normalized spacial score (nSPS) is 12.8. The Morgan fingerprint density at radius 3 is 2.29 bits per heavy atom. The molecule has 0 aliphatic carbocycles. The molecule has 0 fully saturated rings. The van der Waals surface area contributed by atoms with Gasteiger partial charge in [-0.05, 0) is 25.0 Å². The van der Waals surface area contributed by atoms with Crippen LogP contribution in [-0.2, 0) is 20.8 Å². The molecule has 2 amide bonds. The maximum Gasteiger partial charge on any atom is 0.326 e. The fourth-order valence-corrected chi connectivity index (χ4v) is 2.16. The number of amides is 2. The van der Waals surface area contributed by atoms with E-state index in [1.54, 1.807) is 13.0 Å². The Labute approximate surface area is 139 Å². The third kappa shape index (κ3) is 6.20. The summed E-state index contributed by atoms with van der Waals surface area (Å²) in [4.78, 5) is 34.9. The number of carboxylic acids is 1. The molecule has 0 aromatic heterocycles. The van der Waals surface area contributed by atoms with Crippen LogP contribution in [-0.4, -0.2) is 35.0 Å². The number of halogens is 1. The van der Waals surface area contributed by atoms with Crippen molar-refractivity contribution >= 4 is 17.8 Å². The van der Waals surface area contributed by atoms with Crippen LogP contribution in [0.15, 0.2) is 36.4 Å². The van der Waals surface area contributed by atoms with Crippen LogP contribution in [0.4, 0.5) is 4.39 Å². The van der Waals surface area contributed by atoms with E-state index in [9.17, 15) is 18.8 Å². The molecule has 0 saturated heterocycles. The molecule has 1 aromatic carbocycles. The molecule has 130 valence electrons. The van der Waals surface area contributed by atoms with Gasteiger partial charge in [0.1, 0.15) is 17.9 Å². The summed E-state index contributed by atoms with van der Waals surface area (Å²) in [6.07, 6.45) is -0.0228. The molecule has 3 N–H and O–H groups in total. The molecule has 6 nitrogen and oxygen atoms in total. The van der Waals surface area contributed by atoms with Crippen molar-refractivity contribution in [1.82, 2.24) is 10.6 Å². The third-order valence-electron chi connectivity index (χ3n) is 3.24.